The van der Waals surface area contributed by atoms with Gasteiger partial charge in [-0.1, -0.05) is 48.0 Å². The molecule has 1 heterocycles. The van der Waals surface area contributed by atoms with Gasteiger partial charge in [0, 0.05) is 5.56 Å². The van der Waals surface area contributed by atoms with Gasteiger partial charge in [0.05, 0.1) is 0 Å². The fourth-order valence-electron chi connectivity index (χ4n) is 2.03. The highest BCUT2D eigenvalue weighted by atomic mass is 16.6. The molecule has 2 aromatic rings. The molecular formula is C17H13NO2. The van der Waals surface area contributed by atoms with Gasteiger partial charge in [0.25, 0.3) is 0 Å². The average Bonchev–Trinajstić information content (AvgIpc) is 2.81. The van der Waals surface area contributed by atoms with Gasteiger partial charge in [-0.05, 0) is 30.7 Å². The molecule has 0 saturated heterocycles. The molecule has 0 unspecified atom stereocenters. The van der Waals surface area contributed by atoms with Gasteiger partial charge in [-0.15, -0.1) is 0 Å². The number of carbonyl (C=O) groups excluding carboxylic acids is 1. The van der Waals surface area contributed by atoms with E-state index in [2.05, 4.69) is 4.99 Å². The van der Waals surface area contributed by atoms with Crippen molar-refractivity contribution >= 4 is 17.9 Å². The van der Waals surface area contributed by atoms with E-state index in [4.69, 9.17) is 4.74 Å². The van der Waals surface area contributed by atoms with Crippen molar-refractivity contribution in [1.82, 2.24) is 0 Å². The van der Waals surface area contributed by atoms with Crippen molar-refractivity contribution in [3.63, 3.8) is 0 Å². The van der Waals surface area contributed by atoms with Crippen molar-refractivity contribution in [3.05, 3.63) is 77.0 Å². The van der Waals surface area contributed by atoms with Crippen molar-refractivity contribution < 1.29 is 9.53 Å². The minimum Gasteiger partial charge on any atom is -0.402 e. The monoisotopic (exact) mass is 263 g/mol. The lowest BCUT2D eigenvalue weighted by Crippen LogP contribution is -2.04. The van der Waals surface area contributed by atoms with Crippen molar-refractivity contribution in [2.45, 2.75) is 6.92 Å². The van der Waals surface area contributed by atoms with E-state index in [0.29, 0.717) is 11.6 Å². The molecule has 0 aliphatic carbocycles. The molecule has 0 atom stereocenters. The first-order valence-electron chi connectivity index (χ1n) is 6.37. The van der Waals surface area contributed by atoms with Crippen LogP contribution in [-0.2, 0) is 9.53 Å². The molecule has 0 bridgehead atoms. The number of aryl methyl sites for hydroxylation is 1. The van der Waals surface area contributed by atoms with Crippen molar-refractivity contribution in [2.75, 3.05) is 0 Å². The number of rotatable bonds is 2. The van der Waals surface area contributed by atoms with Gasteiger partial charge in [-0.25, -0.2) is 9.79 Å². The third-order valence-corrected chi connectivity index (χ3v) is 2.99. The molecule has 0 aromatic heterocycles. The van der Waals surface area contributed by atoms with Crippen LogP contribution in [0.2, 0.25) is 0 Å². The van der Waals surface area contributed by atoms with Crippen LogP contribution in [0.5, 0.6) is 0 Å². The van der Waals surface area contributed by atoms with Crippen LogP contribution in [0.4, 0.5) is 0 Å². The second-order valence-corrected chi connectivity index (χ2v) is 4.62. The number of ether oxygens (including phenoxy) is 1. The highest BCUT2D eigenvalue weighted by Gasteiger charge is 2.23. The molecule has 1 aliphatic rings. The van der Waals surface area contributed by atoms with Crippen molar-refractivity contribution in [3.8, 4) is 0 Å². The summed E-state index contributed by atoms with van der Waals surface area (Å²) in [5.41, 5.74) is 3.20. The largest absolute Gasteiger partial charge is 0.402 e. The summed E-state index contributed by atoms with van der Waals surface area (Å²) in [7, 11) is 0. The Morgan fingerprint density at radius 2 is 1.85 bits per heavy atom. The van der Waals surface area contributed by atoms with E-state index >= 15 is 0 Å². The molecule has 3 nitrogen and oxygen atoms in total. The molecular weight excluding hydrogens is 250 g/mol. The van der Waals surface area contributed by atoms with E-state index in [-0.39, 0.29) is 0 Å². The van der Waals surface area contributed by atoms with Crippen LogP contribution >= 0.6 is 0 Å². The standard InChI is InChI=1S/C17H13NO2/c1-12-6-5-7-13(10-12)11-15-17(19)20-16(18-15)14-8-3-2-4-9-14/h2-11H,1H3/b15-11+. The number of nitrogens with zero attached hydrogens (tertiary/aromatic N) is 1. The molecule has 0 fully saturated rings. The molecule has 0 amide bonds. The minimum atomic E-state index is -0.412. The van der Waals surface area contributed by atoms with E-state index in [1.54, 1.807) is 6.08 Å². The Kier molecular flexibility index (Phi) is 3.17. The normalized spacial score (nSPS) is 16.1. The van der Waals surface area contributed by atoms with E-state index < -0.39 is 5.97 Å². The fraction of sp³-hybridized carbons (Fsp3) is 0.0588. The number of hydrogen-bond acceptors (Lipinski definition) is 3. The first-order chi connectivity index (χ1) is 9.72. The lowest BCUT2D eigenvalue weighted by atomic mass is 10.1. The summed E-state index contributed by atoms with van der Waals surface area (Å²) in [5.74, 6) is -0.0557. The van der Waals surface area contributed by atoms with E-state index in [0.717, 1.165) is 16.7 Å². The van der Waals surface area contributed by atoms with Crippen LogP contribution in [-0.4, -0.2) is 11.9 Å². The number of esters is 1. The summed E-state index contributed by atoms with van der Waals surface area (Å²) < 4.78 is 5.21. The number of aliphatic imine (C=N–C) groups is 1. The zero-order chi connectivity index (χ0) is 13.9. The van der Waals surface area contributed by atoms with Crippen LogP contribution in [0.3, 0.4) is 0 Å². The summed E-state index contributed by atoms with van der Waals surface area (Å²) in [6, 6.07) is 17.3. The minimum absolute atomic E-state index is 0.328. The average molecular weight is 263 g/mol. The lowest BCUT2D eigenvalue weighted by molar-refractivity contribution is -0.129. The van der Waals surface area contributed by atoms with Crippen LogP contribution in [0, 0.1) is 6.92 Å². The molecule has 0 spiro atoms. The second kappa shape index (κ2) is 5.13. The molecule has 20 heavy (non-hydrogen) atoms. The second-order valence-electron chi connectivity index (χ2n) is 4.62. The summed E-state index contributed by atoms with van der Waals surface area (Å²) in [4.78, 5) is 16.1. The Balaban J connectivity index is 1.95. The predicted octanol–water partition coefficient (Wildman–Crippen LogP) is 3.34. The number of carbonyl (C=O) groups is 1. The summed E-state index contributed by atoms with van der Waals surface area (Å²) >= 11 is 0. The first kappa shape index (κ1) is 12.4. The van der Waals surface area contributed by atoms with Crippen LogP contribution in [0.25, 0.3) is 6.08 Å². The van der Waals surface area contributed by atoms with E-state index in [9.17, 15) is 4.79 Å². The Bertz CT molecular complexity index is 715. The van der Waals surface area contributed by atoms with E-state index in [1.165, 1.54) is 0 Å². The lowest BCUT2D eigenvalue weighted by Gasteiger charge is -1.97. The summed E-state index contributed by atoms with van der Waals surface area (Å²) in [6.07, 6.45) is 1.74. The molecule has 0 N–H and O–H groups in total. The van der Waals surface area contributed by atoms with Crippen molar-refractivity contribution in [2.24, 2.45) is 4.99 Å². The maximum atomic E-state index is 11.8. The van der Waals surface area contributed by atoms with Gasteiger partial charge in [-0.3, -0.25) is 0 Å². The highest BCUT2D eigenvalue weighted by Crippen LogP contribution is 2.19. The molecule has 3 heteroatoms. The Labute approximate surface area is 117 Å². The third kappa shape index (κ3) is 2.52. The molecule has 98 valence electrons. The molecule has 1 aliphatic heterocycles. The quantitative estimate of drug-likeness (QED) is 0.615. The van der Waals surface area contributed by atoms with Gasteiger partial charge >= 0.3 is 5.97 Å². The Morgan fingerprint density at radius 3 is 2.60 bits per heavy atom. The van der Waals surface area contributed by atoms with Gasteiger partial charge in [0.2, 0.25) is 5.90 Å². The molecule has 2 aromatic carbocycles. The van der Waals surface area contributed by atoms with Crippen LogP contribution < -0.4 is 0 Å². The van der Waals surface area contributed by atoms with E-state index in [1.807, 2.05) is 61.5 Å². The van der Waals surface area contributed by atoms with Crippen LogP contribution in [0.1, 0.15) is 16.7 Å². The molecule has 0 radical (unpaired) electrons. The number of cyclic esters (lactones) is 1. The predicted molar refractivity (Wildman–Crippen MR) is 78.2 cm³/mol. The maximum absolute atomic E-state index is 11.8. The van der Waals surface area contributed by atoms with Gasteiger partial charge in [0.15, 0.2) is 5.70 Å². The van der Waals surface area contributed by atoms with Gasteiger partial charge < -0.3 is 4.74 Å². The number of benzene rings is 2. The fourth-order valence-corrected chi connectivity index (χ4v) is 2.03. The Hall–Kier alpha value is -2.68. The summed E-state index contributed by atoms with van der Waals surface area (Å²) in [5, 5.41) is 0. The zero-order valence-corrected chi connectivity index (χ0v) is 11.0. The first-order valence-corrected chi connectivity index (χ1v) is 6.37. The van der Waals surface area contributed by atoms with Gasteiger partial charge in [0.1, 0.15) is 0 Å². The Morgan fingerprint density at radius 1 is 1.05 bits per heavy atom. The maximum Gasteiger partial charge on any atom is 0.363 e. The summed E-state index contributed by atoms with van der Waals surface area (Å²) in [6.45, 7) is 2.01. The third-order valence-electron chi connectivity index (χ3n) is 2.99. The zero-order valence-electron chi connectivity index (χ0n) is 11.0. The van der Waals surface area contributed by atoms with Gasteiger partial charge in [-0.2, -0.15) is 0 Å². The number of hydrogen-bond donors (Lipinski definition) is 0. The topological polar surface area (TPSA) is 38.7 Å². The smallest absolute Gasteiger partial charge is 0.363 e. The molecule has 3 rings (SSSR count). The van der Waals surface area contributed by atoms with Crippen molar-refractivity contribution in [1.29, 1.82) is 0 Å². The highest BCUT2D eigenvalue weighted by molar-refractivity contribution is 6.12. The SMILES string of the molecule is Cc1cccc(/C=C2/N=C(c3ccccc3)OC2=O)c1. The van der Waals surface area contributed by atoms with Crippen LogP contribution in [0.15, 0.2) is 65.3 Å². The molecule has 0 saturated carbocycles.